The van der Waals surface area contributed by atoms with Crippen LogP contribution in [0.1, 0.15) is 50.8 Å². The number of unbranched alkanes of at least 4 members (excludes halogenated alkanes) is 1. The van der Waals surface area contributed by atoms with Crippen LogP contribution in [0, 0.1) is 5.82 Å². The van der Waals surface area contributed by atoms with E-state index in [1.54, 1.807) is 6.07 Å². The second kappa shape index (κ2) is 8.93. The van der Waals surface area contributed by atoms with Crippen LogP contribution in [0.5, 0.6) is 5.75 Å². The lowest BCUT2D eigenvalue weighted by molar-refractivity contribution is -0.167. The first-order valence-electron chi connectivity index (χ1n) is 9.93. The highest BCUT2D eigenvalue weighted by Gasteiger charge is 2.45. The lowest BCUT2D eigenvalue weighted by Gasteiger charge is -2.44. The van der Waals surface area contributed by atoms with E-state index in [0.717, 1.165) is 35.4 Å². The van der Waals surface area contributed by atoms with Gasteiger partial charge in [0.25, 0.3) is 0 Å². The molecule has 1 heterocycles. The van der Waals surface area contributed by atoms with Crippen LogP contribution < -0.4 is 10.1 Å². The van der Waals surface area contributed by atoms with E-state index in [2.05, 4.69) is 18.3 Å². The van der Waals surface area contributed by atoms with Gasteiger partial charge in [0.15, 0.2) is 0 Å². The molecule has 0 saturated carbocycles. The van der Waals surface area contributed by atoms with Crippen molar-refractivity contribution in [3.05, 3.63) is 59.4 Å². The summed E-state index contributed by atoms with van der Waals surface area (Å²) in [6.45, 7) is 7.11. The van der Waals surface area contributed by atoms with E-state index in [9.17, 15) is 4.39 Å². The van der Waals surface area contributed by atoms with E-state index >= 15 is 0 Å². The Labute approximate surface area is 167 Å². The van der Waals surface area contributed by atoms with Crippen LogP contribution in [0.25, 0.3) is 0 Å². The van der Waals surface area contributed by atoms with Crippen molar-refractivity contribution in [2.45, 2.75) is 58.0 Å². The van der Waals surface area contributed by atoms with Crippen LogP contribution in [0.2, 0.25) is 0 Å². The Hall–Kier alpha value is -2.11. The van der Waals surface area contributed by atoms with E-state index in [4.69, 9.17) is 14.2 Å². The van der Waals surface area contributed by atoms with Gasteiger partial charge in [-0.15, -0.1) is 0 Å². The molecule has 0 saturated heterocycles. The number of nitrogens with one attached hydrogen (secondary N) is 1. The summed E-state index contributed by atoms with van der Waals surface area (Å²) >= 11 is 0. The molecule has 4 nitrogen and oxygen atoms in total. The molecule has 2 unspecified atom stereocenters. The molecule has 1 aliphatic rings. The average Bonchev–Trinajstić information content (AvgIpc) is 2.66. The van der Waals surface area contributed by atoms with Gasteiger partial charge in [-0.1, -0.05) is 25.5 Å². The van der Waals surface area contributed by atoms with Crippen molar-refractivity contribution in [2.75, 3.05) is 19.0 Å². The lowest BCUT2D eigenvalue weighted by atomic mass is 9.87. The molecular formula is C23H30FNO3. The first-order chi connectivity index (χ1) is 13.4. The smallest absolute Gasteiger partial charge is 0.132 e. The van der Waals surface area contributed by atoms with Gasteiger partial charge in [-0.05, 0) is 56.2 Å². The Morgan fingerprint density at radius 3 is 2.68 bits per heavy atom. The summed E-state index contributed by atoms with van der Waals surface area (Å²) in [6.07, 6.45) is 1.46. The van der Waals surface area contributed by atoms with Gasteiger partial charge in [0.1, 0.15) is 29.4 Å². The Balaban J connectivity index is 1.89. The molecule has 5 heteroatoms. The minimum atomic E-state index is -0.585. The second-order valence-electron chi connectivity index (χ2n) is 7.71. The summed E-state index contributed by atoms with van der Waals surface area (Å²) in [5.74, 6) is 0.552. The second-order valence-corrected chi connectivity index (χ2v) is 7.71. The first-order valence-corrected chi connectivity index (χ1v) is 9.93. The SMILES string of the molecule is CCCCOC1c2cc(NC)ccc2OC(C)(C)C1OCc1cccc(F)c1. The van der Waals surface area contributed by atoms with Gasteiger partial charge in [-0.25, -0.2) is 4.39 Å². The fraction of sp³-hybridized carbons (Fsp3) is 0.478. The highest BCUT2D eigenvalue weighted by Crippen LogP contribution is 2.44. The molecule has 0 bridgehead atoms. The van der Waals surface area contributed by atoms with Gasteiger partial charge in [-0.2, -0.15) is 0 Å². The normalized spacial score (nSPS) is 20.3. The van der Waals surface area contributed by atoms with Crippen molar-refractivity contribution in [3.63, 3.8) is 0 Å². The average molecular weight is 387 g/mol. The van der Waals surface area contributed by atoms with E-state index < -0.39 is 5.60 Å². The molecule has 0 radical (unpaired) electrons. The van der Waals surface area contributed by atoms with Gasteiger partial charge in [0.05, 0.1) is 6.61 Å². The quantitative estimate of drug-likeness (QED) is 0.609. The number of rotatable bonds is 8. The van der Waals surface area contributed by atoms with E-state index in [1.807, 2.05) is 39.1 Å². The summed E-state index contributed by atoms with van der Waals surface area (Å²) in [4.78, 5) is 0. The Morgan fingerprint density at radius 2 is 1.96 bits per heavy atom. The number of anilines is 1. The zero-order chi connectivity index (χ0) is 20.1. The van der Waals surface area contributed by atoms with Crippen LogP contribution in [-0.2, 0) is 16.1 Å². The third kappa shape index (κ3) is 4.65. The topological polar surface area (TPSA) is 39.7 Å². The predicted molar refractivity (Wildman–Crippen MR) is 109 cm³/mol. The molecular weight excluding hydrogens is 357 g/mol. The van der Waals surface area contributed by atoms with Crippen LogP contribution in [-0.4, -0.2) is 25.4 Å². The van der Waals surface area contributed by atoms with E-state index in [-0.39, 0.29) is 18.0 Å². The molecule has 1 aliphatic heterocycles. The maximum Gasteiger partial charge on any atom is 0.132 e. The first kappa shape index (κ1) is 20.6. The molecule has 0 fully saturated rings. The van der Waals surface area contributed by atoms with Crippen molar-refractivity contribution in [1.82, 2.24) is 0 Å². The highest BCUT2D eigenvalue weighted by atomic mass is 19.1. The van der Waals surface area contributed by atoms with Crippen molar-refractivity contribution in [1.29, 1.82) is 0 Å². The van der Waals surface area contributed by atoms with Crippen molar-refractivity contribution < 1.29 is 18.6 Å². The van der Waals surface area contributed by atoms with Gasteiger partial charge < -0.3 is 19.5 Å². The van der Waals surface area contributed by atoms with Crippen LogP contribution in [0.15, 0.2) is 42.5 Å². The molecule has 2 aromatic carbocycles. The largest absolute Gasteiger partial charge is 0.485 e. The molecule has 3 rings (SSSR count). The maximum absolute atomic E-state index is 13.5. The molecule has 1 N–H and O–H groups in total. The number of hydrogen-bond donors (Lipinski definition) is 1. The van der Waals surface area contributed by atoms with Gasteiger partial charge in [-0.3, -0.25) is 0 Å². The van der Waals surface area contributed by atoms with Crippen LogP contribution >= 0.6 is 0 Å². The number of ether oxygens (including phenoxy) is 3. The Morgan fingerprint density at radius 1 is 1.14 bits per heavy atom. The maximum atomic E-state index is 13.5. The summed E-state index contributed by atoms with van der Waals surface area (Å²) in [6, 6.07) is 12.5. The zero-order valence-corrected chi connectivity index (χ0v) is 17.1. The van der Waals surface area contributed by atoms with Crippen molar-refractivity contribution in [3.8, 4) is 5.75 Å². The zero-order valence-electron chi connectivity index (χ0n) is 17.1. The number of halogens is 1. The minimum Gasteiger partial charge on any atom is -0.485 e. The van der Waals surface area contributed by atoms with E-state index in [0.29, 0.717) is 13.2 Å². The summed E-state index contributed by atoms with van der Waals surface area (Å²) in [7, 11) is 1.89. The molecule has 0 aliphatic carbocycles. The summed E-state index contributed by atoms with van der Waals surface area (Å²) in [5, 5.41) is 3.17. The van der Waals surface area contributed by atoms with Crippen LogP contribution in [0.4, 0.5) is 10.1 Å². The Bertz CT molecular complexity index is 793. The van der Waals surface area contributed by atoms with Crippen LogP contribution in [0.3, 0.4) is 0 Å². The molecule has 152 valence electrons. The predicted octanol–water partition coefficient (Wildman–Crippen LogP) is 5.48. The third-order valence-corrected chi connectivity index (χ3v) is 5.05. The fourth-order valence-corrected chi connectivity index (χ4v) is 3.52. The monoisotopic (exact) mass is 387 g/mol. The summed E-state index contributed by atoms with van der Waals surface area (Å²) in [5.41, 5.74) is 2.18. The number of fused-ring (bicyclic) bond motifs is 1. The molecule has 2 atom stereocenters. The highest BCUT2D eigenvalue weighted by molar-refractivity contribution is 5.53. The molecule has 0 aromatic heterocycles. The van der Waals surface area contributed by atoms with Crippen molar-refractivity contribution in [2.24, 2.45) is 0 Å². The minimum absolute atomic E-state index is 0.257. The van der Waals surface area contributed by atoms with Gasteiger partial charge in [0, 0.05) is 24.9 Å². The number of benzene rings is 2. The molecule has 2 aromatic rings. The van der Waals surface area contributed by atoms with Gasteiger partial charge in [0.2, 0.25) is 0 Å². The van der Waals surface area contributed by atoms with Gasteiger partial charge >= 0.3 is 0 Å². The lowest BCUT2D eigenvalue weighted by Crippen LogP contribution is -2.51. The third-order valence-electron chi connectivity index (χ3n) is 5.05. The summed E-state index contributed by atoms with van der Waals surface area (Å²) < 4.78 is 32.4. The fourth-order valence-electron chi connectivity index (χ4n) is 3.52. The van der Waals surface area contributed by atoms with Crippen molar-refractivity contribution >= 4 is 5.69 Å². The molecule has 0 spiro atoms. The number of hydrogen-bond acceptors (Lipinski definition) is 4. The standard InChI is InChI=1S/C23H30FNO3/c1-5-6-12-26-21-19-14-18(25-4)10-11-20(19)28-23(2,3)22(21)27-15-16-8-7-9-17(24)13-16/h7-11,13-14,21-22,25H,5-6,12,15H2,1-4H3. The molecule has 0 amide bonds. The molecule has 28 heavy (non-hydrogen) atoms. The Kier molecular flexibility index (Phi) is 6.57. The van der Waals surface area contributed by atoms with E-state index in [1.165, 1.54) is 12.1 Å².